The highest BCUT2D eigenvalue weighted by Crippen LogP contribution is 2.67. The third kappa shape index (κ3) is 2.98. The fourth-order valence-corrected chi connectivity index (χ4v) is 6.34. The summed E-state index contributed by atoms with van der Waals surface area (Å²) < 4.78 is 58.8. The summed E-state index contributed by atoms with van der Waals surface area (Å²) in [5, 5.41) is 9.66. The number of alkyl halides is 2. The van der Waals surface area contributed by atoms with Crippen LogP contribution in [-0.2, 0) is 0 Å². The first kappa shape index (κ1) is 22.7. The van der Waals surface area contributed by atoms with Gasteiger partial charge in [-0.2, -0.15) is 10.3 Å². The Morgan fingerprint density at radius 2 is 1.69 bits per heavy atom. The normalized spacial score (nSPS) is 31.9. The Bertz CT molecular complexity index is 1520. The van der Waals surface area contributed by atoms with E-state index in [1.807, 2.05) is 13.1 Å². The van der Waals surface area contributed by atoms with Crippen molar-refractivity contribution in [1.82, 2.24) is 0 Å². The molecule has 0 bridgehead atoms. The van der Waals surface area contributed by atoms with Crippen molar-refractivity contribution in [2.45, 2.75) is 45.0 Å². The Hall–Kier alpha value is -3.72. The van der Waals surface area contributed by atoms with E-state index in [4.69, 9.17) is 0 Å². The SMILES string of the molecule is CC1(F)CC=C2C3=C(C4=CCC(F)C=C4)C(=NC#N)C(c4ccc(F)cc4)=C3C3(C)CC=C(F)C1=C23. The number of hydrogen-bond donors (Lipinski definition) is 0. The molecule has 6 rings (SSSR count). The van der Waals surface area contributed by atoms with Gasteiger partial charge < -0.3 is 0 Å². The molecule has 5 aliphatic rings. The molecule has 3 atom stereocenters. The molecule has 1 saturated carbocycles. The van der Waals surface area contributed by atoms with Crippen LogP contribution < -0.4 is 0 Å². The Morgan fingerprint density at radius 3 is 2.36 bits per heavy atom. The highest BCUT2D eigenvalue weighted by atomic mass is 19.2. The number of halogens is 4. The minimum Gasteiger partial charge on any atom is -0.243 e. The number of rotatable bonds is 2. The van der Waals surface area contributed by atoms with E-state index in [-0.39, 0.29) is 18.4 Å². The van der Waals surface area contributed by atoms with Crippen molar-refractivity contribution in [3.05, 3.63) is 111 Å². The lowest BCUT2D eigenvalue weighted by atomic mass is 9.67. The molecule has 0 N–H and O–H groups in total. The standard InChI is InChI=1S/C30H22F4N2/c1-29-13-12-21(33)26-25(29)20(11-14-30(26,2)34)24-22(16-3-7-18(31)8-4-16)28(36-15-35)23(27(24)29)17-5-9-19(32)10-6-17/h3-7,9-12,18H,8,13-14H2,1-2H3. The summed E-state index contributed by atoms with van der Waals surface area (Å²) in [4.78, 5) is 4.22. The third-order valence-electron chi connectivity index (χ3n) is 7.89. The Labute approximate surface area is 206 Å². The van der Waals surface area contributed by atoms with Crippen molar-refractivity contribution in [1.29, 1.82) is 5.26 Å². The molecule has 36 heavy (non-hydrogen) atoms. The first-order valence-corrected chi connectivity index (χ1v) is 11.9. The Morgan fingerprint density at radius 1 is 0.944 bits per heavy atom. The molecular formula is C30H22F4N2. The van der Waals surface area contributed by atoms with Crippen LogP contribution >= 0.6 is 0 Å². The zero-order valence-corrected chi connectivity index (χ0v) is 19.8. The molecule has 0 heterocycles. The van der Waals surface area contributed by atoms with Crippen LogP contribution in [0.25, 0.3) is 5.57 Å². The minimum atomic E-state index is -1.87. The van der Waals surface area contributed by atoms with Crippen molar-refractivity contribution in [3.8, 4) is 6.19 Å². The zero-order chi connectivity index (χ0) is 25.4. The zero-order valence-electron chi connectivity index (χ0n) is 19.8. The molecule has 0 amide bonds. The Kier molecular flexibility index (Phi) is 4.82. The molecule has 0 aromatic heterocycles. The molecule has 180 valence electrons. The summed E-state index contributed by atoms with van der Waals surface area (Å²) >= 11 is 0. The van der Waals surface area contributed by atoms with Crippen LogP contribution in [-0.4, -0.2) is 17.6 Å². The van der Waals surface area contributed by atoms with Crippen molar-refractivity contribution in [3.63, 3.8) is 0 Å². The number of nitrogens with zero attached hydrogens (tertiary/aromatic N) is 2. The number of aliphatic imine (C=N–C) groups is 1. The number of benzene rings is 1. The van der Waals surface area contributed by atoms with Gasteiger partial charge >= 0.3 is 0 Å². The topological polar surface area (TPSA) is 36.1 Å². The average molecular weight is 487 g/mol. The van der Waals surface area contributed by atoms with E-state index in [2.05, 4.69) is 4.99 Å². The van der Waals surface area contributed by atoms with Gasteiger partial charge in [-0.3, -0.25) is 0 Å². The van der Waals surface area contributed by atoms with Crippen molar-refractivity contribution in [2.75, 3.05) is 0 Å². The molecule has 0 saturated heterocycles. The molecule has 0 radical (unpaired) electrons. The van der Waals surface area contributed by atoms with Crippen LogP contribution in [0.1, 0.15) is 38.7 Å². The minimum absolute atomic E-state index is 0.000611. The fourth-order valence-electron chi connectivity index (χ4n) is 6.34. The maximum Gasteiger partial charge on any atom is 0.206 e. The second-order valence-corrected chi connectivity index (χ2v) is 10.2. The number of hydrogen-bond acceptors (Lipinski definition) is 2. The quantitative estimate of drug-likeness (QED) is 0.312. The maximum absolute atomic E-state index is 15.7. The lowest BCUT2D eigenvalue weighted by Gasteiger charge is -2.38. The summed E-state index contributed by atoms with van der Waals surface area (Å²) in [6.07, 6.45) is 9.41. The highest BCUT2D eigenvalue weighted by Gasteiger charge is 2.57. The van der Waals surface area contributed by atoms with Gasteiger partial charge in [0.05, 0.1) is 5.71 Å². The predicted octanol–water partition coefficient (Wildman–Crippen LogP) is 7.67. The van der Waals surface area contributed by atoms with Crippen LogP contribution in [0, 0.1) is 22.7 Å². The maximum atomic E-state index is 15.7. The summed E-state index contributed by atoms with van der Waals surface area (Å²) in [6, 6.07) is 5.93. The number of fused-ring (bicyclic) bond motifs is 3. The van der Waals surface area contributed by atoms with E-state index in [9.17, 15) is 14.0 Å². The van der Waals surface area contributed by atoms with Crippen molar-refractivity contribution >= 4 is 11.3 Å². The van der Waals surface area contributed by atoms with Gasteiger partial charge in [0.1, 0.15) is 23.5 Å². The van der Waals surface area contributed by atoms with Gasteiger partial charge in [0.2, 0.25) is 6.19 Å². The molecule has 1 aromatic carbocycles. The molecule has 1 fully saturated rings. The average Bonchev–Trinajstić information content (AvgIpc) is 3.30. The highest BCUT2D eigenvalue weighted by molar-refractivity contribution is 6.39. The van der Waals surface area contributed by atoms with Gasteiger partial charge in [-0.25, -0.2) is 17.6 Å². The van der Waals surface area contributed by atoms with E-state index in [0.29, 0.717) is 40.0 Å². The largest absolute Gasteiger partial charge is 0.243 e. The van der Waals surface area contributed by atoms with E-state index < -0.39 is 28.9 Å². The molecule has 3 unspecified atom stereocenters. The first-order valence-electron chi connectivity index (χ1n) is 11.9. The van der Waals surface area contributed by atoms with Gasteiger partial charge in [0.15, 0.2) is 0 Å². The lowest BCUT2D eigenvalue weighted by Crippen LogP contribution is -2.32. The van der Waals surface area contributed by atoms with E-state index >= 15 is 8.78 Å². The van der Waals surface area contributed by atoms with Crippen LogP contribution in [0.3, 0.4) is 0 Å². The molecule has 0 spiro atoms. The number of nitriles is 1. The molecular weight excluding hydrogens is 464 g/mol. The summed E-state index contributed by atoms with van der Waals surface area (Å²) in [5.74, 6) is -0.955. The van der Waals surface area contributed by atoms with E-state index in [0.717, 1.165) is 16.7 Å². The molecule has 2 nitrogen and oxygen atoms in total. The second kappa shape index (κ2) is 7.64. The van der Waals surface area contributed by atoms with Gasteiger partial charge in [-0.1, -0.05) is 37.3 Å². The van der Waals surface area contributed by atoms with E-state index in [1.54, 1.807) is 30.4 Å². The predicted molar refractivity (Wildman–Crippen MR) is 131 cm³/mol. The van der Waals surface area contributed by atoms with Crippen LogP contribution in [0.15, 0.2) is 104 Å². The second-order valence-electron chi connectivity index (χ2n) is 10.2. The van der Waals surface area contributed by atoms with Crippen molar-refractivity contribution < 1.29 is 17.6 Å². The summed E-state index contributed by atoms with van der Waals surface area (Å²) in [6.45, 7) is 3.36. The van der Waals surface area contributed by atoms with E-state index in [1.165, 1.54) is 31.2 Å². The summed E-state index contributed by atoms with van der Waals surface area (Å²) in [5.41, 5.74) is 3.38. The number of allylic oxidation sites excluding steroid dienone is 14. The lowest BCUT2D eigenvalue weighted by molar-refractivity contribution is 0.229. The van der Waals surface area contributed by atoms with Crippen molar-refractivity contribution in [2.24, 2.45) is 10.4 Å². The van der Waals surface area contributed by atoms with Crippen LogP contribution in [0.2, 0.25) is 0 Å². The third-order valence-corrected chi connectivity index (χ3v) is 7.89. The van der Waals surface area contributed by atoms with Gasteiger partial charge in [-0.05, 0) is 71.1 Å². The molecule has 1 aromatic rings. The smallest absolute Gasteiger partial charge is 0.206 e. The van der Waals surface area contributed by atoms with Gasteiger partial charge in [0, 0.05) is 35.0 Å². The van der Waals surface area contributed by atoms with Crippen LogP contribution in [0.4, 0.5) is 17.6 Å². The fraction of sp³-hybridized carbons (Fsp3) is 0.267. The van der Waals surface area contributed by atoms with Gasteiger partial charge in [0.25, 0.3) is 0 Å². The Balaban J connectivity index is 1.74. The molecule has 5 aliphatic carbocycles. The van der Waals surface area contributed by atoms with Crippen LogP contribution in [0.5, 0.6) is 0 Å². The molecule has 0 aliphatic heterocycles. The molecule has 6 heteroatoms. The summed E-state index contributed by atoms with van der Waals surface area (Å²) in [7, 11) is 0. The monoisotopic (exact) mass is 486 g/mol. The first-order chi connectivity index (χ1) is 17.2. The van der Waals surface area contributed by atoms with Gasteiger partial charge in [-0.15, -0.1) is 0 Å².